The van der Waals surface area contributed by atoms with Gasteiger partial charge in [0.1, 0.15) is 11.8 Å². The molecule has 4 rings (SSSR count). The molecule has 7 heteroatoms. The first kappa shape index (κ1) is 16.4. The Labute approximate surface area is 157 Å². The number of fused-ring (bicyclic) bond motifs is 1. The Kier molecular flexibility index (Phi) is 4.19. The van der Waals surface area contributed by atoms with Gasteiger partial charge in [-0.1, -0.05) is 18.2 Å². The maximum absolute atomic E-state index is 9.07. The molecule has 0 saturated heterocycles. The van der Waals surface area contributed by atoms with Gasteiger partial charge in [0.25, 0.3) is 0 Å². The largest absolute Gasteiger partial charge is 0.497 e. The van der Waals surface area contributed by atoms with Crippen molar-refractivity contribution in [2.24, 2.45) is 0 Å². The quantitative estimate of drug-likeness (QED) is 0.500. The molecule has 0 atom stereocenters. The lowest BCUT2D eigenvalue weighted by Crippen LogP contribution is -1.99. The van der Waals surface area contributed by atoms with Crippen LogP contribution in [-0.2, 0) is 6.54 Å². The van der Waals surface area contributed by atoms with Gasteiger partial charge in [-0.2, -0.15) is 15.3 Å². The lowest BCUT2D eigenvalue weighted by atomic mass is 10.1. The number of ether oxygens (including phenoxy) is 1. The summed E-state index contributed by atoms with van der Waals surface area (Å²) in [5.74, 6) is 1.22. The lowest BCUT2D eigenvalue weighted by Gasteiger charge is -2.03. The van der Waals surface area contributed by atoms with Gasteiger partial charge in [-0.05, 0) is 45.8 Å². The second-order valence-corrected chi connectivity index (χ2v) is 6.39. The number of nitrogens with zero attached hydrogens (tertiary/aromatic N) is 4. The minimum atomic E-state index is 0.225. The summed E-state index contributed by atoms with van der Waals surface area (Å²) in [5.41, 5.74) is 2.97. The fraction of sp³-hybridized carbons (Fsp3) is 0.105. The van der Waals surface area contributed by atoms with Crippen molar-refractivity contribution in [3.8, 4) is 23.3 Å². The van der Waals surface area contributed by atoms with Crippen LogP contribution in [0.4, 0.5) is 0 Å². The van der Waals surface area contributed by atoms with Crippen LogP contribution in [0.5, 0.6) is 5.75 Å². The SMILES string of the molecule is COc1ccc(Cn2cc3c(-c4nc(C#N)c(Br)o4)cccc3n2)cc1. The van der Waals surface area contributed by atoms with Crippen LogP contribution in [0.3, 0.4) is 0 Å². The molecule has 0 fully saturated rings. The van der Waals surface area contributed by atoms with Gasteiger partial charge in [0.2, 0.25) is 10.6 Å². The molecular formula is C19H13BrN4O2. The van der Waals surface area contributed by atoms with E-state index < -0.39 is 0 Å². The second kappa shape index (κ2) is 6.65. The van der Waals surface area contributed by atoms with E-state index in [4.69, 9.17) is 14.4 Å². The molecule has 0 spiro atoms. The molecule has 0 unspecified atom stereocenters. The van der Waals surface area contributed by atoms with Crippen LogP contribution in [0.15, 0.2) is 57.7 Å². The van der Waals surface area contributed by atoms with Crippen LogP contribution >= 0.6 is 15.9 Å². The fourth-order valence-corrected chi connectivity index (χ4v) is 3.09. The van der Waals surface area contributed by atoms with E-state index in [9.17, 15) is 0 Å². The van der Waals surface area contributed by atoms with E-state index in [0.717, 1.165) is 27.8 Å². The Morgan fingerprint density at radius 2 is 2.04 bits per heavy atom. The second-order valence-electron chi connectivity index (χ2n) is 5.67. The van der Waals surface area contributed by atoms with E-state index in [1.807, 2.05) is 59.4 Å². The molecule has 128 valence electrons. The molecule has 0 amide bonds. The molecule has 2 heterocycles. The van der Waals surface area contributed by atoms with Crippen molar-refractivity contribution in [1.29, 1.82) is 5.26 Å². The fourth-order valence-electron chi connectivity index (χ4n) is 2.76. The van der Waals surface area contributed by atoms with Gasteiger partial charge in [-0.15, -0.1) is 0 Å². The first-order chi connectivity index (χ1) is 12.7. The predicted octanol–water partition coefficient (Wildman–Crippen LogP) is 4.38. The molecule has 0 aliphatic heterocycles. The minimum Gasteiger partial charge on any atom is -0.497 e. The third-order valence-electron chi connectivity index (χ3n) is 4.02. The van der Waals surface area contributed by atoms with E-state index in [0.29, 0.717) is 17.1 Å². The Bertz CT molecular complexity index is 1120. The van der Waals surface area contributed by atoms with Crippen LogP contribution in [0.1, 0.15) is 11.3 Å². The Morgan fingerprint density at radius 1 is 1.23 bits per heavy atom. The van der Waals surface area contributed by atoms with E-state index in [1.54, 1.807) is 7.11 Å². The van der Waals surface area contributed by atoms with Crippen LogP contribution in [0.25, 0.3) is 22.4 Å². The standard InChI is InChI=1S/C19H13BrN4O2/c1-25-13-7-5-12(6-8-13)10-24-11-15-14(3-2-4-16(15)23-24)19-22-17(9-21)18(20)26-19/h2-8,11H,10H2,1H3. The highest BCUT2D eigenvalue weighted by atomic mass is 79.9. The zero-order chi connectivity index (χ0) is 18.1. The summed E-state index contributed by atoms with van der Waals surface area (Å²) in [4.78, 5) is 4.24. The van der Waals surface area contributed by atoms with Crippen LogP contribution < -0.4 is 4.74 Å². The number of halogens is 1. The number of benzene rings is 2. The molecule has 0 saturated carbocycles. The van der Waals surface area contributed by atoms with Gasteiger partial charge < -0.3 is 9.15 Å². The maximum atomic E-state index is 9.07. The lowest BCUT2D eigenvalue weighted by molar-refractivity contribution is 0.414. The van der Waals surface area contributed by atoms with Crippen molar-refractivity contribution in [3.05, 3.63) is 64.6 Å². The summed E-state index contributed by atoms with van der Waals surface area (Å²) in [6.07, 6.45) is 1.96. The topological polar surface area (TPSA) is 76.9 Å². The third kappa shape index (κ3) is 2.95. The summed E-state index contributed by atoms with van der Waals surface area (Å²) in [5, 5.41) is 14.6. The highest BCUT2D eigenvalue weighted by Gasteiger charge is 2.16. The molecule has 6 nitrogen and oxygen atoms in total. The van der Waals surface area contributed by atoms with Gasteiger partial charge in [0.15, 0.2) is 5.69 Å². The number of aromatic nitrogens is 3. The van der Waals surface area contributed by atoms with Crippen LogP contribution in [0, 0.1) is 11.3 Å². The normalized spacial score (nSPS) is 10.8. The number of methoxy groups -OCH3 is 1. The summed E-state index contributed by atoms with van der Waals surface area (Å²) in [7, 11) is 1.65. The number of rotatable bonds is 4. The molecule has 4 aromatic rings. The summed E-state index contributed by atoms with van der Waals surface area (Å²) < 4.78 is 13.0. The predicted molar refractivity (Wildman–Crippen MR) is 99.7 cm³/mol. The van der Waals surface area contributed by atoms with Crippen molar-refractivity contribution in [2.45, 2.75) is 6.54 Å². The van der Waals surface area contributed by atoms with Gasteiger partial charge >= 0.3 is 0 Å². The van der Waals surface area contributed by atoms with Crippen molar-refractivity contribution >= 4 is 26.8 Å². The molecule has 0 aliphatic carbocycles. The zero-order valence-corrected chi connectivity index (χ0v) is 15.4. The molecule has 0 radical (unpaired) electrons. The van der Waals surface area contributed by atoms with Crippen molar-refractivity contribution in [1.82, 2.24) is 14.8 Å². The van der Waals surface area contributed by atoms with Gasteiger partial charge in [0, 0.05) is 17.1 Å². The van der Waals surface area contributed by atoms with Gasteiger partial charge in [-0.25, -0.2) is 0 Å². The average molecular weight is 409 g/mol. The highest BCUT2D eigenvalue weighted by molar-refractivity contribution is 9.10. The average Bonchev–Trinajstić information content (AvgIpc) is 3.24. The Balaban J connectivity index is 1.71. The molecule has 26 heavy (non-hydrogen) atoms. The number of hydrogen-bond donors (Lipinski definition) is 0. The van der Waals surface area contributed by atoms with E-state index >= 15 is 0 Å². The van der Waals surface area contributed by atoms with E-state index in [2.05, 4.69) is 26.0 Å². The summed E-state index contributed by atoms with van der Waals surface area (Å²) in [6.45, 7) is 0.636. The molecule has 2 aromatic heterocycles. The molecule has 0 aliphatic rings. The molecular weight excluding hydrogens is 396 g/mol. The molecule has 0 N–H and O–H groups in total. The zero-order valence-electron chi connectivity index (χ0n) is 13.8. The monoisotopic (exact) mass is 408 g/mol. The van der Waals surface area contributed by atoms with Gasteiger partial charge in [-0.3, -0.25) is 4.68 Å². The Hall–Kier alpha value is -3.11. The smallest absolute Gasteiger partial charge is 0.229 e. The van der Waals surface area contributed by atoms with Crippen LogP contribution in [-0.4, -0.2) is 21.9 Å². The first-order valence-corrected chi connectivity index (χ1v) is 8.63. The number of hydrogen-bond acceptors (Lipinski definition) is 5. The van der Waals surface area contributed by atoms with Crippen molar-refractivity contribution in [3.63, 3.8) is 0 Å². The maximum Gasteiger partial charge on any atom is 0.229 e. The highest BCUT2D eigenvalue weighted by Crippen LogP contribution is 2.31. The summed E-state index contributed by atoms with van der Waals surface area (Å²) in [6, 6.07) is 15.6. The van der Waals surface area contributed by atoms with E-state index in [1.165, 1.54) is 0 Å². The number of oxazole rings is 1. The van der Waals surface area contributed by atoms with Crippen molar-refractivity contribution in [2.75, 3.05) is 7.11 Å². The minimum absolute atomic E-state index is 0.225. The first-order valence-electron chi connectivity index (χ1n) is 7.84. The number of nitriles is 1. The van der Waals surface area contributed by atoms with Gasteiger partial charge in [0.05, 0.1) is 19.2 Å². The van der Waals surface area contributed by atoms with Crippen molar-refractivity contribution < 1.29 is 9.15 Å². The Morgan fingerprint density at radius 3 is 2.73 bits per heavy atom. The summed E-state index contributed by atoms with van der Waals surface area (Å²) >= 11 is 3.22. The molecule has 2 aromatic carbocycles. The van der Waals surface area contributed by atoms with E-state index in [-0.39, 0.29) is 5.69 Å². The molecule has 0 bridgehead atoms. The van der Waals surface area contributed by atoms with Crippen LogP contribution in [0.2, 0.25) is 0 Å². The third-order valence-corrected chi connectivity index (χ3v) is 4.56.